The molecule has 2 rings (SSSR count). The highest BCUT2D eigenvalue weighted by atomic mass is 127. The number of guanidine groups is 1. The Morgan fingerprint density at radius 3 is 2.30 bits per heavy atom. The molecule has 2 fully saturated rings. The first-order valence-electron chi connectivity index (χ1n) is 10.1. The highest BCUT2D eigenvalue weighted by Crippen LogP contribution is 2.19. The maximum absolute atomic E-state index is 11.9. The van der Waals surface area contributed by atoms with Crippen molar-refractivity contribution in [3.63, 3.8) is 0 Å². The molecule has 0 aromatic rings. The number of aliphatic imine (C=N–C) groups is 1. The van der Waals surface area contributed by atoms with Gasteiger partial charge < -0.3 is 15.4 Å². The van der Waals surface area contributed by atoms with Crippen LogP contribution in [0.2, 0.25) is 0 Å². The van der Waals surface area contributed by atoms with E-state index in [1.165, 1.54) is 38.5 Å². The monoisotopic (exact) mass is 516 g/mol. The second-order valence-corrected chi connectivity index (χ2v) is 9.46. The Balaban J connectivity index is 0.00000364. The zero-order valence-corrected chi connectivity index (χ0v) is 19.9. The number of nitrogens with one attached hydrogen (secondary N) is 2. The first-order chi connectivity index (χ1) is 12.5. The van der Waals surface area contributed by atoms with Gasteiger partial charge in [-0.3, -0.25) is 4.99 Å². The molecule has 0 bridgehead atoms. The average molecular weight is 516 g/mol. The lowest BCUT2D eigenvalue weighted by atomic mass is 10.1. The van der Waals surface area contributed by atoms with Crippen LogP contribution in [0.4, 0.5) is 0 Å². The summed E-state index contributed by atoms with van der Waals surface area (Å²) in [6.45, 7) is 4.28. The van der Waals surface area contributed by atoms with E-state index in [0.717, 1.165) is 25.3 Å². The van der Waals surface area contributed by atoms with Crippen LogP contribution in [-0.4, -0.2) is 69.9 Å². The van der Waals surface area contributed by atoms with E-state index in [1.807, 2.05) is 0 Å². The maximum atomic E-state index is 11.9. The zero-order valence-electron chi connectivity index (χ0n) is 16.8. The standard InChI is InChI=1S/C18H36N4O3S.HI/c1-3-26(23,24)22-13-10-16(11-14-22)21-18(19-2)20-12-15-25-17-8-6-4-5-7-9-17;/h16-17H,3-15H2,1-2H3,(H2,19,20,21);1H. The fourth-order valence-electron chi connectivity index (χ4n) is 3.65. The minimum Gasteiger partial charge on any atom is -0.376 e. The SMILES string of the molecule is CCS(=O)(=O)N1CCC(NC(=NC)NCCOC2CCCCCC2)CC1.I. The van der Waals surface area contributed by atoms with Crippen LogP contribution in [0.15, 0.2) is 4.99 Å². The van der Waals surface area contributed by atoms with Gasteiger partial charge in [0.05, 0.1) is 18.5 Å². The first kappa shape index (κ1) is 24.9. The van der Waals surface area contributed by atoms with Gasteiger partial charge in [0, 0.05) is 32.7 Å². The molecule has 0 aromatic carbocycles. The quantitative estimate of drug-likeness (QED) is 0.179. The lowest BCUT2D eigenvalue weighted by Gasteiger charge is -2.32. The van der Waals surface area contributed by atoms with E-state index in [2.05, 4.69) is 15.6 Å². The van der Waals surface area contributed by atoms with E-state index in [0.29, 0.717) is 25.8 Å². The molecule has 27 heavy (non-hydrogen) atoms. The van der Waals surface area contributed by atoms with Crippen molar-refractivity contribution in [3.05, 3.63) is 0 Å². The Morgan fingerprint density at radius 2 is 1.74 bits per heavy atom. The Hall–Kier alpha value is -0.130. The van der Waals surface area contributed by atoms with Crippen LogP contribution in [-0.2, 0) is 14.8 Å². The molecule has 0 spiro atoms. The molecule has 1 aliphatic heterocycles. The van der Waals surface area contributed by atoms with E-state index in [-0.39, 0.29) is 35.8 Å². The second-order valence-electron chi connectivity index (χ2n) is 7.20. The maximum Gasteiger partial charge on any atom is 0.213 e. The lowest BCUT2D eigenvalue weighted by Crippen LogP contribution is -2.50. The van der Waals surface area contributed by atoms with Crippen molar-refractivity contribution in [2.75, 3.05) is 39.0 Å². The molecule has 1 saturated heterocycles. The van der Waals surface area contributed by atoms with Crippen LogP contribution in [0, 0.1) is 0 Å². The number of hydrogen-bond acceptors (Lipinski definition) is 4. The van der Waals surface area contributed by atoms with Crippen LogP contribution >= 0.6 is 24.0 Å². The Kier molecular flexibility index (Phi) is 12.1. The minimum absolute atomic E-state index is 0. The van der Waals surface area contributed by atoms with Crippen molar-refractivity contribution in [3.8, 4) is 0 Å². The number of nitrogens with zero attached hydrogens (tertiary/aromatic N) is 2. The van der Waals surface area contributed by atoms with Gasteiger partial charge in [-0.25, -0.2) is 12.7 Å². The van der Waals surface area contributed by atoms with Gasteiger partial charge in [-0.05, 0) is 32.6 Å². The number of piperidine rings is 1. The summed E-state index contributed by atoms with van der Waals surface area (Å²) in [5.41, 5.74) is 0. The fraction of sp³-hybridized carbons (Fsp3) is 0.944. The van der Waals surface area contributed by atoms with E-state index in [4.69, 9.17) is 4.74 Å². The second kappa shape index (κ2) is 13.2. The van der Waals surface area contributed by atoms with Gasteiger partial charge in [0.2, 0.25) is 10.0 Å². The molecule has 7 nitrogen and oxygen atoms in total. The number of halogens is 1. The summed E-state index contributed by atoms with van der Waals surface area (Å²) in [5, 5.41) is 6.71. The molecular weight excluding hydrogens is 479 g/mol. The van der Waals surface area contributed by atoms with Crippen LogP contribution in [0.1, 0.15) is 58.3 Å². The van der Waals surface area contributed by atoms with Gasteiger partial charge in [-0.2, -0.15) is 0 Å². The van der Waals surface area contributed by atoms with Crippen molar-refractivity contribution >= 4 is 40.0 Å². The van der Waals surface area contributed by atoms with Crippen molar-refractivity contribution in [2.45, 2.75) is 70.4 Å². The van der Waals surface area contributed by atoms with Gasteiger partial charge in [0.1, 0.15) is 0 Å². The summed E-state index contributed by atoms with van der Waals surface area (Å²) in [6.07, 6.45) is 9.65. The Morgan fingerprint density at radius 1 is 1.11 bits per heavy atom. The van der Waals surface area contributed by atoms with Gasteiger partial charge in [0.25, 0.3) is 0 Å². The van der Waals surface area contributed by atoms with Crippen LogP contribution in [0.5, 0.6) is 0 Å². The fourth-order valence-corrected chi connectivity index (χ4v) is 4.78. The topological polar surface area (TPSA) is 83.0 Å². The summed E-state index contributed by atoms with van der Waals surface area (Å²) >= 11 is 0. The third-order valence-corrected chi connectivity index (χ3v) is 7.21. The molecule has 1 heterocycles. The first-order valence-corrected chi connectivity index (χ1v) is 11.7. The number of rotatable bonds is 7. The van der Waals surface area contributed by atoms with Crippen molar-refractivity contribution in [1.82, 2.24) is 14.9 Å². The molecule has 160 valence electrons. The van der Waals surface area contributed by atoms with E-state index >= 15 is 0 Å². The predicted molar refractivity (Wildman–Crippen MR) is 121 cm³/mol. The molecule has 0 radical (unpaired) electrons. The number of hydrogen-bond donors (Lipinski definition) is 2. The van der Waals surface area contributed by atoms with Crippen LogP contribution in [0.25, 0.3) is 0 Å². The summed E-state index contributed by atoms with van der Waals surface area (Å²) in [7, 11) is -1.30. The van der Waals surface area contributed by atoms with Gasteiger partial charge >= 0.3 is 0 Å². The third kappa shape index (κ3) is 8.82. The smallest absolute Gasteiger partial charge is 0.213 e. The predicted octanol–water partition coefficient (Wildman–Crippen LogP) is 2.32. The highest BCUT2D eigenvalue weighted by molar-refractivity contribution is 14.0. The molecule has 0 amide bonds. The summed E-state index contributed by atoms with van der Waals surface area (Å²) < 4.78 is 31.4. The van der Waals surface area contributed by atoms with Gasteiger partial charge in [-0.15, -0.1) is 24.0 Å². The third-order valence-electron chi connectivity index (χ3n) is 5.33. The normalized spacial score (nSPS) is 21.3. The summed E-state index contributed by atoms with van der Waals surface area (Å²) in [6, 6.07) is 0.257. The molecule has 2 aliphatic rings. The number of sulfonamides is 1. The highest BCUT2D eigenvalue weighted by Gasteiger charge is 2.26. The van der Waals surface area contributed by atoms with Crippen LogP contribution in [0.3, 0.4) is 0 Å². The molecule has 0 unspecified atom stereocenters. The van der Waals surface area contributed by atoms with E-state index in [1.54, 1.807) is 18.3 Å². The molecule has 1 saturated carbocycles. The molecular formula is C18H37IN4O3S. The zero-order chi connectivity index (χ0) is 18.8. The van der Waals surface area contributed by atoms with Crippen molar-refractivity contribution < 1.29 is 13.2 Å². The largest absolute Gasteiger partial charge is 0.376 e. The molecule has 0 aromatic heterocycles. The molecule has 1 aliphatic carbocycles. The lowest BCUT2D eigenvalue weighted by molar-refractivity contribution is 0.0467. The van der Waals surface area contributed by atoms with Crippen molar-refractivity contribution in [1.29, 1.82) is 0 Å². The average Bonchev–Trinajstić information content (AvgIpc) is 2.93. The van der Waals surface area contributed by atoms with Gasteiger partial charge in [-0.1, -0.05) is 25.7 Å². The number of ether oxygens (including phenoxy) is 1. The molecule has 9 heteroatoms. The molecule has 0 atom stereocenters. The Bertz CT molecular complexity index is 529. The van der Waals surface area contributed by atoms with Crippen LogP contribution < -0.4 is 10.6 Å². The van der Waals surface area contributed by atoms with E-state index < -0.39 is 10.0 Å². The van der Waals surface area contributed by atoms with Gasteiger partial charge in [0.15, 0.2) is 5.96 Å². The minimum atomic E-state index is -3.07. The Labute approximate surface area is 182 Å². The van der Waals surface area contributed by atoms with Crippen molar-refractivity contribution in [2.24, 2.45) is 4.99 Å². The molecule has 2 N–H and O–H groups in total. The summed E-state index contributed by atoms with van der Waals surface area (Å²) in [4.78, 5) is 4.27. The van der Waals surface area contributed by atoms with E-state index in [9.17, 15) is 8.42 Å². The summed E-state index contributed by atoms with van der Waals surface area (Å²) in [5.74, 6) is 0.946.